The summed E-state index contributed by atoms with van der Waals surface area (Å²) >= 11 is 6.36. The van der Waals surface area contributed by atoms with Gasteiger partial charge in [-0.1, -0.05) is 44.5 Å². The minimum Gasteiger partial charge on any atom is -0.497 e. The van der Waals surface area contributed by atoms with E-state index in [4.69, 9.17) is 35.0 Å². The number of methoxy groups -OCH3 is 1. The highest BCUT2D eigenvalue weighted by atomic mass is 35.5. The second-order valence-corrected chi connectivity index (χ2v) is 12.1. The molecule has 4 rings (SSSR count). The van der Waals surface area contributed by atoms with Gasteiger partial charge in [-0.3, -0.25) is 4.72 Å². The smallest absolute Gasteiger partial charge is 0.341 e. The molecule has 0 aliphatic carbocycles. The van der Waals surface area contributed by atoms with Gasteiger partial charge in [0, 0.05) is 6.07 Å². The number of hydrogen-bond acceptors (Lipinski definition) is 10. The quantitative estimate of drug-likeness (QED) is 0.154. The van der Waals surface area contributed by atoms with Gasteiger partial charge in [0.25, 0.3) is 15.9 Å². The number of ether oxygens (including phenoxy) is 4. The fourth-order valence-corrected chi connectivity index (χ4v) is 4.81. The zero-order valence-corrected chi connectivity index (χ0v) is 25.2. The van der Waals surface area contributed by atoms with Crippen LogP contribution in [0.15, 0.2) is 70.4 Å². The molecule has 0 fully saturated rings. The molecule has 0 aliphatic rings. The van der Waals surface area contributed by atoms with E-state index in [9.17, 15) is 13.2 Å². The third kappa shape index (κ3) is 7.51. The summed E-state index contributed by atoms with van der Waals surface area (Å²) < 4.78 is 56.5. The summed E-state index contributed by atoms with van der Waals surface area (Å²) in [6.45, 7) is 7.38. The van der Waals surface area contributed by atoms with Gasteiger partial charge in [0.05, 0.1) is 28.9 Å². The molecule has 222 valence electrons. The maximum Gasteiger partial charge on any atom is 0.341 e. The first-order chi connectivity index (χ1) is 19.9. The molecule has 0 atom stereocenters. The summed E-state index contributed by atoms with van der Waals surface area (Å²) in [4.78, 5) is 20.7. The van der Waals surface area contributed by atoms with Crippen molar-refractivity contribution in [2.24, 2.45) is 0 Å². The molecule has 0 bridgehead atoms. The number of benzene rings is 2. The molecule has 1 N–H and O–H groups in total. The lowest BCUT2D eigenvalue weighted by Crippen LogP contribution is -2.18. The van der Waals surface area contributed by atoms with Crippen molar-refractivity contribution in [1.29, 1.82) is 0 Å². The molecule has 0 spiro atoms. The fraction of sp³-hybridized carbons (Fsp3) is 0.276. The number of furan rings is 1. The van der Waals surface area contributed by atoms with Gasteiger partial charge in [-0.05, 0) is 48.2 Å². The topological polar surface area (TPSA) is 139 Å². The summed E-state index contributed by atoms with van der Waals surface area (Å²) in [5.74, 6) is -0.297. The number of aryl methyl sites for hydroxylation is 1. The van der Waals surface area contributed by atoms with E-state index in [1.165, 1.54) is 43.9 Å². The van der Waals surface area contributed by atoms with Gasteiger partial charge in [-0.25, -0.2) is 18.2 Å². The Hall–Kier alpha value is -4.29. The van der Waals surface area contributed by atoms with Crippen LogP contribution < -0.4 is 18.9 Å². The fourth-order valence-electron chi connectivity index (χ4n) is 3.65. The Bertz CT molecular complexity index is 1650. The lowest BCUT2D eigenvalue weighted by molar-refractivity contribution is 0.0445. The summed E-state index contributed by atoms with van der Waals surface area (Å²) in [6, 6.07) is 12.7. The average Bonchev–Trinajstić information content (AvgIpc) is 3.48. The van der Waals surface area contributed by atoms with Crippen LogP contribution in [-0.2, 0) is 20.2 Å². The number of carbonyl (C=O) groups is 1. The molecule has 2 aromatic heterocycles. The largest absolute Gasteiger partial charge is 0.497 e. The monoisotopic (exact) mass is 615 g/mol. The lowest BCUT2D eigenvalue weighted by Gasteiger charge is -2.20. The van der Waals surface area contributed by atoms with E-state index in [-0.39, 0.29) is 63.1 Å². The molecule has 0 saturated heterocycles. The highest BCUT2D eigenvalue weighted by Gasteiger charge is 2.25. The van der Waals surface area contributed by atoms with E-state index >= 15 is 0 Å². The van der Waals surface area contributed by atoms with Crippen molar-refractivity contribution in [3.05, 3.63) is 83.0 Å². The maximum atomic E-state index is 13.4. The van der Waals surface area contributed by atoms with Crippen LogP contribution in [0.25, 0.3) is 0 Å². The van der Waals surface area contributed by atoms with E-state index in [1.54, 1.807) is 31.2 Å². The van der Waals surface area contributed by atoms with Crippen molar-refractivity contribution in [1.82, 2.24) is 9.97 Å². The number of nitrogens with zero attached hydrogens (tertiary/aromatic N) is 2. The van der Waals surface area contributed by atoms with Crippen LogP contribution in [0.4, 0.5) is 5.82 Å². The third-order valence-corrected chi connectivity index (χ3v) is 7.54. The molecule has 0 aliphatic heterocycles. The van der Waals surface area contributed by atoms with Crippen molar-refractivity contribution in [3.8, 4) is 23.1 Å². The third-order valence-electron chi connectivity index (χ3n) is 5.87. The van der Waals surface area contributed by atoms with E-state index < -0.39 is 16.0 Å². The van der Waals surface area contributed by atoms with Crippen LogP contribution in [-0.4, -0.2) is 44.7 Å². The summed E-state index contributed by atoms with van der Waals surface area (Å²) in [5, 5.41) is 0.211. The van der Waals surface area contributed by atoms with Gasteiger partial charge in [0.15, 0.2) is 5.82 Å². The van der Waals surface area contributed by atoms with Gasteiger partial charge in [-0.2, -0.15) is 4.98 Å². The molecule has 0 unspecified atom stereocenters. The van der Waals surface area contributed by atoms with E-state index in [0.717, 1.165) is 5.56 Å². The number of carbonyl (C=O) groups excluding carboxylic acids is 1. The van der Waals surface area contributed by atoms with Crippen molar-refractivity contribution in [2.45, 2.75) is 38.0 Å². The van der Waals surface area contributed by atoms with E-state index in [1.807, 2.05) is 20.8 Å². The SMILES string of the molecule is COc1ccc(Cl)c(Oc2c(NS(=O)(=O)c3ccc(C(C)(C)C)cc3)nc(C)nc2OCCOC(=O)c2ccoc2)c1. The van der Waals surface area contributed by atoms with Crippen molar-refractivity contribution in [2.75, 3.05) is 25.0 Å². The highest BCUT2D eigenvalue weighted by Crippen LogP contribution is 2.41. The number of hydrogen-bond donors (Lipinski definition) is 1. The van der Waals surface area contributed by atoms with Crippen LogP contribution in [0.2, 0.25) is 5.02 Å². The summed E-state index contributed by atoms with van der Waals surface area (Å²) in [6.07, 6.45) is 2.61. The number of halogens is 1. The number of esters is 1. The minimum atomic E-state index is -4.12. The molecule has 11 nitrogen and oxygen atoms in total. The standard InChI is InChI=1S/C29H30ClN3O8S/c1-18-31-26(33-42(35,36)22-9-6-20(7-10-22)29(2,3)4)25(41-24-16-21(37-5)8-11-23(24)30)27(32-18)39-14-15-40-28(34)19-12-13-38-17-19/h6-13,16-17H,14-15H2,1-5H3,(H,31,32,33). The number of anilines is 1. The predicted molar refractivity (Wildman–Crippen MR) is 155 cm³/mol. The first-order valence-corrected chi connectivity index (χ1v) is 14.6. The Labute approximate surface area is 248 Å². The second-order valence-electron chi connectivity index (χ2n) is 10.0. The van der Waals surface area contributed by atoms with Crippen molar-refractivity contribution < 1.29 is 36.6 Å². The van der Waals surface area contributed by atoms with Crippen LogP contribution >= 0.6 is 11.6 Å². The van der Waals surface area contributed by atoms with Crippen molar-refractivity contribution >= 4 is 33.4 Å². The summed E-state index contributed by atoms with van der Waals surface area (Å²) in [7, 11) is -2.64. The Morgan fingerprint density at radius 2 is 1.79 bits per heavy atom. The Morgan fingerprint density at radius 1 is 1.05 bits per heavy atom. The van der Waals surface area contributed by atoms with Gasteiger partial charge < -0.3 is 23.4 Å². The van der Waals surface area contributed by atoms with E-state index in [0.29, 0.717) is 5.75 Å². The average molecular weight is 616 g/mol. The zero-order chi connectivity index (χ0) is 30.5. The maximum absolute atomic E-state index is 13.4. The first kappa shape index (κ1) is 30.7. The molecule has 2 heterocycles. The molecule has 0 radical (unpaired) electrons. The van der Waals surface area contributed by atoms with Gasteiger partial charge >= 0.3 is 5.97 Å². The van der Waals surface area contributed by atoms with E-state index in [2.05, 4.69) is 14.7 Å². The van der Waals surface area contributed by atoms with Crippen LogP contribution in [0, 0.1) is 6.92 Å². The normalized spacial score (nSPS) is 11.6. The molecular formula is C29H30ClN3O8S. The molecule has 2 aromatic carbocycles. The summed E-state index contributed by atoms with van der Waals surface area (Å²) in [5.41, 5.74) is 1.06. The predicted octanol–water partition coefficient (Wildman–Crippen LogP) is 6.17. The van der Waals surface area contributed by atoms with Gasteiger partial charge in [-0.15, -0.1) is 0 Å². The molecular weight excluding hydrogens is 586 g/mol. The molecule has 4 aromatic rings. The second kappa shape index (κ2) is 12.7. The molecule has 13 heteroatoms. The number of rotatable bonds is 11. The number of sulfonamides is 1. The minimum absolute atomic E-state index is 0.0192. The first-order valence-electron chi connectivity index (χ1n) is 12.7. The number of aromatic nitrogens is 2. The van der Waals surface area contributed by atoms with Gasteiger partial charge in [0.1, 0.15) is 36.8 Å². The van der Waals surface area contributed by atoms with Crippen LogP contribution in [0.5, 0.6) is 23.1 Å². The molecule has 42 heavy (non-hydrogen) atoms. The Morgan fingerprint density at radius 3 is 2.43 bits per heavy atom. The molecule has 0 amide bonds. The Balaban J connectivity index is 1.65. The van der Waals surface area contributed by atoms with Crippen molar-refractivity contribution in [3.63, 3.8) is 0 Å². The lowest BCUT2D eigenvalue weighted by atomic mass is 9.87. The van der Waals surface area contributed by atoms with Gasteiger partial charge in [0.2, 0.25) is 5.75 Å². The van der Waals surface area contributed by atoms with Crippen LogP contribution in [0.1, 0.15) is 42.5 Å². The Kier molecular flexibility index (Phi) is 9.27. The zero-order valence-electron chi connectivity index (χ0n) is 23.6. The molecule has 0 saturated carbocycles. The highest BCUT2D eigenvalue weighted by molar-refractivity contribution is 7.92. The number of nitrogens with one attached hydrogen (secondary N) is 1. The van der Waals surface area contributed by atoms with Crippen LogP contribution in [0.3, 0.4) is 0 Å².